The average molecular weight is 333 g/mol. The van der Waals surface area contributed by atoms with Crippen LogP contribution in [0.4, 0.5) is 0 Å². The maximum absolute atomic E-state index is 6.56. The van der Waals surface area contributed by atoms with Crippen LogP contribution in [0.1, 0.15) is 42.5 Å². The molecule has 2 heterocycles. The van der Waals surface area contributed by atoms with Crippen LogP contribution in [0.5, 0.6) is 5.75 Å². The van der Waals surface area contributed by atoms with Crippen molar-refractivity contribution in [1.82, 2.24) is 10.2 Å². The van der Waals surface area contributed by atoms with E-state index in [0.29, 0.717) is 5.92 Å². The molecular weight excluding hydrogens is 308 g/mol. The lowest BCUT2D eigenvalue weighted by Gasteiger charge is -2.35. The smallest absolute Gasteiger partial charge is 0.128 e. The molecule has 1 atom stereocenters. The second kappa shape index (κ2) is 6.58. The molecule has 1 saturated heterocycles. The number of nitrogens with one attached hydrogen (secondary N) is 1. The van der Waals surface area contributed by atoms with Gasteiger partial charge in [0, 0.05) is 41.7 Å². The van der Waals surface area contributed by atoms with Crippen LogP contribution in [0.3, 0.4) is 0 Å². The van der Waals surface area contributed by atoms with E-state index in [1.165, 1.54) is 16.7 Å². The fourth-order valence-electron chi connectivity index (χ4n) is 3.44. The van der Waals surface area contributed by atoms with E-state index in [1.807, 2.05) is 0 Å². The van der Waals surface area contributed by atoms with Gasteiger partial charge in [-0.2, -0.15) is 0 Å². The maximum atomic E-state index is 6.56. The van der Waals surface area contributed by atoms with Gasteiger partial charge in [-0.3, -0.25) is 0 Å². The first-order valence-corrected chi connectivity index (χ1v) is 8.58. The zero-order chi connectivity index (χ0) is 16.6. The molecule has 0 amide bonds. The van der Waals surface area contributed by atoms with E-state index in [1.54, 1.807) is 7.11 Å². The number of nitrogens with zero attached hydrogens (tertiary/aromatic N) is 1. The Kier molecular flexibility index (Phi) is 4.69. The first-order chi connectivity index (χ1) is 11.0. The SMILES string of the molecule is COc1c(C(C)N2C=CC=C(C)C2)cc(Cl)c(C)c1C1CNC1. The summed E-state index contributed by atoms with van der Waals surface area (Å²) in [5.74, 6) is 1.50. The highest BCUT2D eigenvalue weighted by Crippen LogP contribution is 2.42. The lowest BCUT2D eigenvalue weighted by atomic mass is 9.86. The molecule has 0 spiro atoms. The minimum absolute atomic E-state index is 0.217. The third-order valence-electron chi connectivity index (χ3n) is 4.98. The minimum Gasteiger partial charge on any atom is -0.496 e. The third kappa shape index (κ3) is 3.00. The molecule has 3 rings (SSSR count). The quantitative estimate of drug-likeness (QED) is 0.895. The number of hydrogen-bond donors (Lipinski definition) is 1. The molecule has 1 unspecified atom stereocenters. The summed E-state index contributed by atoms with van der Waals surface area (Å²) in [4.78, 5) is 2.33. The Morgan fingerprint density at radius 1 is 1.35 bits per heavy atom. The predicted molar refractivity (Wildman–Crippen MR) is 96.4 cm³/mol. The molecule has 0 bridgehead atoms. The highest BCUT2D eigenvalue weighted by molar-refractivity contribution is 6.31. The van der Waals surface area contributed by atoms with Crippen LogP contribution in [-0.2, 0) is 0 Å². The molecule has 1 N–H and O–H groups in total. The second-order valence-corrected chi connectivity index (χ2v) is 6.98. The number of hydrogen-bond acceptors (Lipinski definition) is 3. The van der Waals surface area contributed by atoms with Crippen molar-refractivity contribution in [2.24, 2.45) is 0 Å². The highest BCUT2D eigenvalue weighted by Gasteiger charge is 2.29. The summed E-state index contributed by atoms with van der Waals surface area (Å²) >= 11 is 6.56. The first-order valence-electron chi connectivity index (χ1n) is 8.20. The molecule has 2 aliphatic rings. The number of ether oxygens (including phenoxy) is 1. The standard InChI is InChI=1S/C19H25ClN2O/c1-12-6-5-7-22(11-12)14(3)16-8-17(20)13(2)18(19(16)23-4)15-9-21-10-15/h5-8,14-15,21H,9-11H2,1-4H3. The van der Waals surface area contributed by atoms with Crippen molar-refractivity contribution in [3.05, 3.63) is 51.7 Å². The summed E-state index contributed by atoms with van der Waals surface area (Å²) in [6, 6.07) is 2.30. The molecule has 4 heteroatoms. The van der Waals surface area contributed by atoms with Crippen LogP contribution in [-0.4, -0.2) is 31.6 Å². The molecule has 2 aliphatic heterocycles. The molecule has 23 heavy (non-hydrogen) atoms. The van der Waals surface area contributed by atoms with Crippen molar-refractivity contribution in [3.63, 3.8) is 0 Å². The number of benzene rings is 1. The molecule has 0 saturated carbocycles. The van der Waals surface area contributed by atoms with Gasteiger partial charge in [0.1, 0.15) is 5.75 Å². The number of halogens is 1. The molecule has 1 aromatic rings. The number of allylic oxidation sites excluding steroid dienone is 2. The van der Waals surface area contributed by atoms with Gasteiger partial charge in [-0.15, -0.1) is 0 Å². The fourth-order valence-corrected chi connectivity index (χ4v) is 3.66. The van der Waals surface area contributed by atoms with Gasteiger partial charge >= 0.3 is 0 Å². The van der Waals surface area contributed by atoms with Gasteiger partial charge in [0.05, 0.1) is 13.2 Å². The Labute approximate surface area is 144 Å². The Hall–Kier alpha value is -1.45. The van der Waals surface area contributed by atoms with Crippen LogP contribution < -0.4 is 10.1 Å². The van der Waals surface area contributed by atoms with Gasteiger partial charge < -0.3 is 15.0 Å². The van der Waals surface area contributed by atoms with E-state index in [9.17, 15) is 0 Å². The van der Waals surface area contributed by atoms with E-state index < -0.39 is 0 Å². The fraction of sp³-hybridized carbons (Fsp3) is 0.474. The van der Waals surface area contributed by atoms with Crippen molar-refractivity contribution < 1.29 is 4.74 Å². The zero-order valence-electron chi connectivity index (χ0n) is 14.3. The van der Waals surface area contributed by atoms with E-state index in [4.69, 9.17) is 16.3 Å². The summed E-state index contributed by atoms with van der Waals surface area (Å²) in [5, 5.41) is 4.18. The van der Waals surface area contributed by atoms with Gasteiger partial charge in [0.25, 0.3) is 0 Å². The van der Waals surface area contributed by atoms with Crippen molar-refractivity contribution in [3.8, 4) is 5.75 Å². The molecule has 124 valence electrons. The molecule has 0 aliphatic carbocycles. The molecular formula is C19H25ClN2O. The van der Waals surface area contributed by atoms with Gasteiger partial charge in [0.2, 0.25) is 0 Å². The molecule has 0 aromatic heterocycles. The van der Waals surface area contributed by atoms with Gasteiger partial charge in [-0.1, -0.05) is 23.3 Å². The van der Waals surface area contributed by atoms with Crippen LogP contribution in [0.15, 0.2) is 30.0 Å². The van der Waals surface area contributed by atoms with Crippen LogP contribution >= 0.6 is 11.6 Å². The van der Waals surface area contributed by atoms with Crippen LogP contribution in [0, 0.1) is 6.92 Å². The van der Waals surface area contributed by atoms with Crippen LogP contribution in [0.25, 0.3) is 0 Å². The van der Waals surface area contributed by atoms with Crippen molar-refractivity contribution in [2.45, 2.75) is 32.7 Å². The van der Waals surface area contributed by atoms with E-state index in [0.717, 1.165) is 36.0 Å². The van der Waals surface area contributed by atoms with Crippen LogP contribution in [0.2, 0.25) is 5.02 Å². The monoisotopic (exact) mass is 332 g/mol. The van der Waals surface area contributed by atoms with Crippen molar-refractivity contribution in [2.75, 3.05) is 26.7 Å². The second-order valence-electron chi connectivity index (χ2n) is 6.58. The Balaban J connectivity index is 2.02. The van der Waals surface area contributed by atoms with E-state index in [-0.39, 0.29) is 6.04 Å². The Bertz CT molecular complexity index is 662. The predicted octanol–water partition coefficient (Wildman–Crippen LogP) is 4.18. The van der Waals surface area contributed by atoms with Crippen molar-refractivity contribution in [1.29, 1.82) is 0 Å². The average Bonchev–Trinajstić information content (AvgIpc) is 2.49. The van der Waals surface area contributed by atoms with Gasteiger partial charge in [0.15, 0.2) is 0 Å². The summed E-state index contributed by atoms with van der Waals surface area (Å²) in [5.41, 5.74) is 4.95. The summed E-state index contributed by atoms with van der Waals surface area (Å²) in [6.45, 7) is 9.41. The molecule has 1 aromatic carbocycles. The summed E-state index contributed by atoms with van der Waals surface area (Å²) in [7, 11) is 1.77. The van der Waals surface area contributed by atoms with Gasteiger partial charge in [-0.25, -0.2) is 0 Å². The Morgan fingerprint density at radius 2 is 2.09 bits per heavy atom. The molecule has 0 radical (unpaired) electrons. The summed E-state index contributed by atoms with van der Waals surface area (Å²) < 4.78 is 5.86. The van der Waals surface area contributed by atoms with E-state index in [2.05, 4.69) is 55.4 Å². The summed E-state index contributed by atoms with van der Waals surface area (Å²) in [6.07, 6.45) is 6.41. The lowest BCUT2D eigenvalue weighted by Crippen LogP contribution is -2.40. The topological polar surface area (TPSA) is 24.5 Å². The molecule has 3 nitrogen and oxygen atoms in total. The lowest BCUT2D eigenvalue weighted by molar-refractivity contribution is 0.303. The highest BCUT2D eigenvalue weighted by atomic mass is 35.5. The first kappa shape index (κ1) is 16.4. The molecule has 1 fully saturated rings. The van der Waals surface area contributed by atoms with Crippen molar-refractivity contribution >= 4 is 11.6 Å². The largest absolute Gasteiger partial charge is 0.496 e. The minimum atomic E-state index is 0.217. The normalized spacial score (nSPS) is 19.3. The third-order valence-corrected chi connectivity index (χ3v) is 5.38. The zero-order valence-corrected chi connectivity index (χ0v) is 15.1. The Morgan fingerprint density at radius 3 is 2.65 bits per heavy atom. The van der Waals surface area contributed by atoms with E-state index >= 15 is 0 Å². The maximum Gasteiger partial charge on any atom is 0.128 e. The number of rotatable bonds is 4. The number of methoxy groups -OCH3 is 1. The van der Waals surface area contributed by atoms with Gasteiger partial charge in [-0.05, 0) is 44.7 Å².